The lowest BCUT2D eigenvalue weighted by molar-refractivity contribution is -0.955. The molecule has 0 unspecified atom stereocenters. The van der Waals surface area contributed by atoms with Gasteiger partial charge >= 0.3 is 11.8 Å². The second kappa shape index (κ2) is 18.2. The van der Waals surface area contributed by atoms with Crippen LogP contribution >= 0.6 is 0 Å². The minimum atomic E-state index is -1.96. The molecule has 5 N–H and O–H groups in total. The number of carbonyl (C=O) groups excluding carboxylic acids is 3. The number of hydrogen-bond acceptors (Lipinski definition) is 13. The average molecular weight is 890 g/mol. The van der Waals surface area contributed by atoms with Crippen molar-refractivity contribution in [2.75, 3.05) is 32.1 Å². The summed E-state index contributed by atoms with van der Waals surface area (Å²) < 4.78 is 25.0. The molecule has 9 atom stereocenters. The van der Waals surface area contributed by atoms with E-state index in [1.807, 2.05) is 0 Å². The number of aliphatic hydroxyl groups is 2. The van der Waals surface area contributed by atoms with Gasteiger partial charge in [-0.2, -0.15) is 0 Å². The number of phenols is 2. The summed E-state index contributed by atoms with van der Waals surface area (Å²) in [4.78, 5) is 51.8. The summed E-state index contributed by atoms with van der Waals surface area (Å²) >= 11 is 0. The van der Waals surface area contributed by atoms with Gasteiger partial charge in [-0.05, 0) is 33.8 Å². The Morgan fingerprint density at radius 3 is 2.17 bits per heavy atom. The van der Waals surface area contributed by atoms with E-state index in [2.05, 4.69) is 33.0 Å². The summed E-state index contributed by atoms with van der Waals surface area (Å²) in [5.74, 6) is -6.43. The number of aliphatic hydroxyl groups excluding tert-OH is 2. The zero-order valence-corrected chi connectivity index (χ0v) is 39.7. The van der Waals surface area contributed by atoms with Gasteiger partial charge in [0, 0.05) is 79.9 Å². The molecule has 0 radical (unpaired) electrons. The highest BCUT2D eigenvalue weighted by molar-refractivity contribution is 6.19. The number of anilines is 1. The van der Waals surface area contributed by atoms with E-state index in [4.69, 9.17) is 28.9 Å². The minimum Gasteiger partial charge on any atom is -0.507 e. The number of esters is 1. The number of Topliss-reactive ketones (excluding diaryl/α,β-unsaturated/α-hetero) is 1. The third kappa shape index (κ3) is 8.68. The Balaban J connectivity index is 1.56. The average Bonchev–Trinajstić information content (AvgIpc) is 3.74. The van der Waals surface area contributed by atoms with E-state index < -0.39 is 82.9 Å². The summed E-state index contributed by atoms with van der Waals surface area (Å²) in [5.41, 5.74) is -0.567. The predicted molar refractivity (Wildman–Crippen MR) is 241 cm³/mol. The van der Waals surface area contributed by atoms with E-state index in [1.165, 1.54) is 27.2 Å². The fourth-order valence-electron chi connectivity index (χ4n) is 10.3. The molecule has 2 aromatic carbocycles. The third-order valence-electron chi connectivity index (χ3n) is 14.3. The van der Waals surface area contributed by atoms with Gasteiger partial charge < -0.3 is 49.2 Å². The van der Waals surface area contributed by atoms with Crippen LogP contribution in [0.1, 0.15) is 105 Å². The fraction of sp³-hybridized carbons (Fsp3) is 0.612. The predicted octanol–water partition coefficient (Wildman–Crippen LogP) is 5.67. The number of aromatic hydroxyl groups is 2. The highest BCUT2D eigenvalue weighted by Crippen LogP contribution is 2.50. The number of ketones is 1. The first kappa shape index (κ1) is 48.6. The Bertz CT molecular complexity index is 2400. The van der Waals surface area contributed by atoms with E-state index in [0.29, 0.717) is 24.8 Å². The third-order valence-corrected chi connectivity index (χ3v) is 14.3. The van der Waals surface area contributed by atoms with Gasteiger partial charge in [-0.1, -0.05) is 59.8 Å². The number of nitrogens with one attached hydrogen (secondary N) is 1. The number of benzene rings is 2. The van der Waals surface area contributed by atoms with Crippen LogP contribution in [0.3, 0.4) is 0 Å². The Morgan fingerprint density at radius 1 is 0.938 bits per heavy atom. The number of hydrogen-bond donors (Lipinski definition) is 5. The van der Waals surface area contributed by atoms with Crippen molar-refractivity contribution in [2.24, 2.45) is 39.6 Å². The van der Waals surface area contributed by atoms with Crippen molar-refractivity contribution in [2.45, 2.75) is 138 Å². The van der Waals surface area contributed by atoms with Crippen LogP contribution < -0.4 is 20.8 Å². The van der Waals surface area contributed by atoms with Crippen LogP contribution in [0.15, 0.2) is 46.1 Å². The number of allylic oxidation sites excluding steroid dienone is 2. The number of fused-ring (bicyclic) bond motifs is 1. The molecule has 4 bridgehead atoms. The molecule has 4 aliphatic heterocycles. The van der Waals surface area contributed by atoms with Gasteiger partial charge in [-0.3, -0.25) is 24.4 Å². The van der Waals surface area contributed by atoms with Crippen LogP contribution in [0.25, 0.3) is 10.8 Å². The molecule has 6 rings (SSSR count). The lowest BCUT2D eigenvalue weighted by Gasteiger charge is -2.49. The number of ether oxygens (including phenoxy) is 4. The molecule has 0 aromatic heterocycles. The van der Waals surface area contributed by atoms with Gasteiger partial charge in [0.15, 0.2) is 11.4 Å². The molecular weight excluding hydrogens is 821 g/mol. The molecular formula is C49H69N4O11+. The monoisotopic (exact) mass is 889 g/mol. The van der Waals surface area contributed by atoms with Gasteiger partial charge in [0.25, 0.3) is 11.7 Å². The summed E-state index contributed by atoms with van der Waals surface area (Å²) in [5, 5.41) is 50.5. The number of rotatable bonds is 5. The first-order valence-corrected chi connectivity index (χ1v) is 22.6. The lowest BCUT2D eigenvalue weighted by atomic mass is 9.78. The van der Waals surface area contributed by atoms with Crippen LogP contribution in [0.5, 0.6) is 17.2 Å². The molecule has 1 spiro atoms. The molecule has 1 saturated heterocycles. The van der Waals surface area contributed by atoms with E-state index in [-0.39, 0.29) is 55.4 Å². The van der Waals surface area contributed by atoms with Crippen molar-refractivity contribution in [3.63, 3.8) is 0 Å². The maximum Gasteiger partial charge on any atom is 0.312 e. The van der Waals surface area contributed by atoms with Gasteiger partial charge in [0.05, 0.1) is 66.6 Å². The summed E-state index contributed by atoms with van der Waals surface area (Å²) in [6.45, 7) is 24.4. The number of phenolic OH excluding ortho intramolecular Hbond substituents is 2. The minimum absolute atomic E-state index is 0.0417. The summed E-state index contributed by atoms with van der Waals surface area (Å²) in [6.07, 6.45) is 5.11. The number of nitrogens with zero attached hydrogens (tertiary/aromatic N) is 3. The number of amides is 1. The summed E-state index contributed by atoms with van der Waals surface area (Å²) in [7, 11) is 1.47. The number of piperidine rings is 1. The lowest BCUT2D eigenvalue weighted by Crippen LogP contribution is -2.61. The summed E-state index contributed by atoms with van der Waals surface area (Å²) in [6, 6.07) is 0.353. The van der Waals surface area contributed by atoms with Gasteiger partial charge in [-0.15, -0.1) is 0 Å². The molecule has 2 aromatic rings. The van der Waals surface area contributed by atoms with Crippen molar-refractivity contribution >= 4 is 34.1 Å². The van der Waals surface area contributed by atoms with Crippen LogP contribution in [-0.4, -0.2) is 111 Å². The highest BCUT2D eigenvalue weighted by Gasteiger charge is 2.51. The van der Waals surface area contributed by atoms with Crippen LogP contribution in [0.4, 0.5) is 5.69 Å². The Labute approximate surface area is 376 Å². The van der Waals surface area contributed by atoms with E-state index in [0.717, 1.165) is 24.1 Å². The standard InChI is InChI=1S/C49H68N4O11/c1-24(2)23-53(25(3)4)20-18-49(19-21-53)51-37-34-35-42(57)31(10)45-36(34)46(59)48(12,64-45)62-22-17-33(61-13)28(7)44(63-32(11)54)30(9)41(56)29(8)40(55)26(5)15-14-16-27(6)47(60)50-39(43(35)58)38(37)52-49/h14-17,22,24-26,28-30,33,40-41,44,55-56H,18-21,23H2,1-13H3,(H2-,50,51,52,57,58,59,60)/p+1/b15-14+,22-17+,27-16-/t26-,28+,29+,30+,33-,40-,41+,44+,48-,49?,53?/m0/s1. The number of quaternary nitrogens is 1. The number of methoxy groups -OCH3 is 1. The molecule has 15 heteroatoms. The number of likely N-dealkylation sites (tertiary alicyclic amines) is 1. The second-order valence-corrected chi connectivity index (χ2v) is 19.6. The van der Waals surface area contributed by atoms with Gasteiger partial charge in [-0.25, -0.2) is 0 Å². The SMILES string of the molecule is CO[C@H]1/C=C/O[C@@]2(C)Oc3c(C)c(O)c4c(O)c(c5c(c4c3C2=O)=NC2(CC[N+](CC(C)C)(C(C)C)CC2)N=5)NC(=O)/C(C)=C\C=C\[C@H](C)[C@H](O)[C@@H](C)[C@@H](O)[C@@H](C)[C@H](OC(C)=O)[C@@H]1C. The van der Waals surface area contributed by atoms with Crippen LogP contribution in [0.2, 0.25) is 0 Å². The van der Waals surface area contributed by atoms with E-state index in [9.17, 15) is 34.8 Å². The second-order valence-electron chi connectivity index (χ2n) is 19.6. The zero-order valence-electron chi connectivity index (χ0n) is 39.7. The first-order chi connectivity index (χ1) is 29.9. The van der Waals surface area contributed by atoms with E-state index in [1.54, 1.807) is 65.8 Å². The maximum atomic E-state index is 14.8. The number of carbonyl (C=O) groups is 3. The Morgan fingerprint density at radius 2 is 1.58 bits per heavy atom. The smallest absolute Gasteiger partial charge is 0.312 e. The molecule has 350 valence electrons. The van der Waals surface area contributed by atoms with Crippen molar-refractivity contribution in [1.29, 1.82) is 0 Å². The zero-order chi connectivity index (χ0) is 47.4. The van der Waals surface area contributed by atoms with Crippen LogP contribution in [-0.2, 0) is 23.8 Å². The molecule has 4 heterocycles. The van der Waals surface area contributed by atoms with Crippen LogP contribution in [0, 0.1) is 36.5 Å². The van der Waals surface area contributed by atoms with Gasteiger partial charge in [0.2, 0.25) is 0 Å². The maximum absolute atomic E-state index is 14.8. The topological polar surface area (TPSA) is 206 Å². The van der Waals surface area contributed by atoms with Crippen molar-refractivity contribution in [3.05, 3.63) is 58.0 Å². The molecule has 0 saturated carbocycles. The van der Waals surface area contributed by atoms with E-state index >= 15 is 0 Å². The van der Waals surface area contributed by atoms with Crippen molar-refractivity contribution in [3.8, 4) is 17.2 Å². The Hall–Kier alpha value is -4.83. The largest absolute Gasteiger partial charge is 0.507 e. The molecule has 1 fully saturated rings. The normalized spacial score (nSPS) is 35.3. The highest BCUT2D eigenvalue weighted by atomic mass is 16.7. The van der Waals surface area contributed by atoms with Gasteiger partial charge in [0.1, 0.15) is 28.6 Å². The molecule has 64 heavy (non-hydrogen) atoms. The Kier molecular flexibility index (Phi) is 13.8. The van der Waals surface area contributed by atoms with Crippen molar-refractivity contribution < 1.29 is 58.2 Å². The molecule has 4 aliphatic rings. The molecule has 15 nitrogen and oxygen atoms in total. The fourth-order valence-corrected chi connectivity index (χ4v) is 10.3. The molecule has 1 amide bonds. The molecule has 0 aliphatic carbocycles. The van der Waals surface area contributed by atoms with Crippen molar-refractivity contribution in [1.82, 2.24) is 0 Å². The first-order valence-electron chi connectivity index (χ1n) is 22.6. The quantitative estimate of drug-likeness (QED) is 0.141.